The van der Waals surface area contributed by atoms with E-state index in [0.29, 0.717) is 22.8 Å². The number of carbonyl (C=O) groups is 2. The van der Waals surface area contributed by atoms with Crippen molar-refractivity contribution in [1.82, 2.24) is 9.88 Å². The molecule has 0 radical (unpaired) electrons. The molecule has 1 saturated heterocycles. The van der Waals surface area contributed by atoms with Crippen molar-refractivity contribution >= 4 is 23.2 Å². The van der Waals surface area contributed by atoms with Crippen molar-refractivity contribution < 1.29 is 14.0 Å². The number of likely N-dealkylation sites (tertiary alicyclic amines) is 1. The Morgan fingerprint density at radius 1 is 1.38 bits per heavy atom. The van der Waals surface area contributed by atoms with E-state index < -0.39 is 11.9 Å². The number of carbonyl (C=O) groups excluding carboxylic acids is 2. The number of rotatable bonds is 3. The number of fused-ring (bicyclic) bond motifs is 1. The number of hydrogen-bond acceptors (Lipinski definition) is 4. The highest BCUT2D eigenvalue weighted by Gasteiger charge is 2.56. The van der Waals surface area contributed by atoms with Crippen LogP contribution in [0, 0.1) is 18.7 Å². The van der Waals surface area contributed by atoms with E-state index in [0.717, 1.165) is 11.4 Å². The largest absolute Gasteiger partial charge is 0.368 e. The fourth-order valence-electron chi connectivity index (χ4n) is 3.52. The highest BCUT2D eigenvalue weighted by atomic mass is 32.1. The van der Waals surface area contributed by atoms with Crippen molar-refractivity contribution in [1.29, 1.82) is 0 Å². The van der Waals surface area contributed by atoms with Gasteiger partial charge in [0.05, 0.1) is 9.88 Å². The number of amides is 2. The highest BCUT2D eigenvalue weighted by molar-refractivity contribution is 7.15. The second-order valence-corrected chi connectivity index (χ2v) is 7.55. The maximum atomic E-state index is 13.6. The molecule has 124 valence electrons. The minimum absolute atomic E-state index is 0.0809. The lowest BCUT2D eigenvalue weighted by Crippen LogP contribution is -2.46. The third kappa shape index (κ3) is 2.39. The van der Waals surface area contributed by atoms with Gasteiger partial charge in [0.2, 0.25) is 5.91 Å². The molecule has 4 rings (SSSR count). The zero-order valence-corrected chi connectivity index (χ0v) is 13.8. The topological polar surface area (TPSA) is 76.3 Å². The number of nitrogens with zero attached hydrogens (tertiary/aromatic N) is 2. The van der Waals surface area contributed by atoms with Crippen molar-refractivity contribution in [2.24, 2.45) is 11.7 Å². The predicted molar refractivity (Wildman–Crippen MR) is 87.9 cm³/mol. The molecule has 1 aromatic heterocycles. The molecule has 1 aromatic carbocycles. The lowest BCUT2D eigenvalue weighted by Gasteiger charge is -2.24. The average molecular weight is 345 g/mol. The third-order valence-corrected chi connectivity index (χ3v) is 5.71. The van der Waals surface area contributed by atoms with Gasteiger partial charge in [0.15, 0.2) is 0 Å². The van der Waals surface area contributed by atoms with Crippen LogP contribution in [0.25, 0.3) is 10.4 Å². The van der Waals surface area contributed by atoms with Gasteiger partial charge in [-0.3, -0.25) is 9.59 Å². The first kappa shape index (κ1) is 15.3. The lowest BCUT2D eigenvalue weighted by atomic mass is 10.1. The molecule has 1 aliphatic carbocycles. The summed E-state index contributed by atoms with van der Waals surface area (Å²) in [4.78, 5) is 31.3. The molecule has 1 aliphatic heterocycles. The summed E-state index contributed by atoms with van der Waals surface area (Å²) >= 11 is 1.35. The van der Waals surface area contributed by atoms with Crippen LogP contribution >= 0.6 is 11.3 Å². The Hall–Kier alpha value is -2.28. The number of aromatic nitrogens is 1. The van der Waals surface area contributed by atoms with Crippen LogP contribution in [-0.2, 0) is 4.79 Å². The molecular formula is C17H16FN3O2S. The number of nitrogens with two attached hydrogens (primary N) is 1. The summed E-state index contributed by atoms with van der Waals surface area (Å²) < 4.78 is 13.6. The number of halogens is 1. The molecule has 2 heterocycles. The van der Waals surface area contributed by atoms with Gasteiger partial charge in [-0.25, -0.2) is 9.37 Å². The van der Waals surface area contributed by atoms with E-state index in [9.17, 15) is 14.0 Å². The molecule has 0 unspecified atom stereocenters. The van der Waals surface area contributed by atoms with Gasteiger partial charge in [-0.15, -0.1) is 11.3 Å². The molecule has 0 bridgehead atoms. The molecular weight excluding hydrogens is 329 g/mol. The van der Waals surface area contributed by atoms with Gasteiger partial charge in [-0.2, -0.15) is 0 Å². The minimum atomic E-state index is -0.566. The second-order valence-electron chi connectivity index (χ2n) is 6.35. The van der Waals surface area contributed by atoms with Crippen LogP contribution in [0.4, 0.5) is 4.39 Å². The molecule has 2 aromatic rings. The van der Waals surface area contributed by atoms with Crippen LogP contribution < -0.4 is 5.73 Å². The van der Waals surface area contributed by atoms with Gasteiger partial charge in [0.25, 0.3) is 5.91 Å². The Bertz CT molecular complexity index is 850. The van der Waals surface area contributed by atoms with Gasteiger partial charge in [-0.05, 0) is 43.4 Å². The summed E-state index contributed by atoms with van der Waals surface area (Å²) in [6, 6.07) is 5.62. The Labute approximate surface area is 142 Å². The molecule has 0 spiro atoms. The van der Waals surface area contributed by atoms with Gasteiger partial charge in [-0.1, -0.05) is 12.1 Å². The molecule has 2 fully saturated rings. The highest BCUT2D eigenvalue weighted by Crippen LogP contribution is 2.48. The van der Waals surface area contributed by atoms with E-state index in [1.807, 2.05) is 0 Å². The van der Waals surface area contributed by atoms with Crippen LogP contribution in [-0.4, -0.2) is 33.8 Å². The van der Waals surface area contributed by atoms with Crippen LogP contribution in [0.3, 0.4) is 0 Å². The van der Waals surface area contributed by atoms with Crippen molar-refractivity contribution in [3.63, 3.8) is 0 Å². The first-order valence-electron chi connectivity index (χ1n) is 7.81. The fourth-order valence-corrected chi connectivity index (χ4v) is 4.43. The first-order valence-corrected chi connectivity index (χ1v) is 8.62. The SMILES string of the molecule is Cc1nc(C(=O)N2[C@H](C(N)=O)C[C@H]3C[C@@H]32)c(-c2cccc(F)c2)s1. The number of thiazole rings is 1. The number of hydrogen-bond donors (Lipinski definition) is 1. The number of aryl methyl sites for hydroxylation is 1. The van der Waals surface area contributed by atoms with Gasteiger partial charge in [0, 0.05) is 6.04 Å². The van der Waals surface area contributed by atoms with E-state index in [2.05, 4.69) is 4.98 Å². The smallest absolute Gasteiger partial charge is 0.274 e. The maximum absolute atomic E-state index is 13.6. The molecule has 5 nitrogen and oxygen atoms in total. The zero-order chi connectivity index (χ0) is 17.0. The molecule has 3 atom stereocenters. The quantitative estimate of drug-likeness (QED) is 0.928. The lowest BCUT2D eigenvalue weighted by molar-refractivity contribution is -0.122. The van der Waals surface area contributed by atoms with E-state index in [4.69, 9.17) is 5.73 Å². The third-order valence-electron chi connectivity index (χ3n) is 4.69. The molecule has 1 saturated carbocycles. The number of benzene rings is 1. The summed E-state index contributed by atoms with van der Waals surface area (Å²) in [5.74, 6) is -0.763. The summed E-state index contributed by atoms with van der Waals surface area (Å²) in [5.41, 5.74) is 6.36. The summed E-state index contributed by atoms with van der Waals surface area (Å²) in [5, 5.41) is 0.722. The molecule has 2 aliphatic rings. The zero-order valence-electron chi connectivity index (χ0n) is 13.0. The molecule has 2 amide bonds. The second kappa shape index (κ2) is 5.37. The fraction of sp³-hybridized carbons (Fsp3) is 0.353. The van der Waals surface area contributed by atoms with Crippen LogP contribution in [0.1, 0.15) is 28.3 Å². The summed E-state index contributed by atoms with van der Waals surface area (Å²) in [6.07, 6.45) is 1.54. The standard InChI is InChI=1S/C17H16FN3O2S/c1-8-20-14(15(24-8)9-3-2-4-11(18)5-9)17(23)21-12-6-10(12)7-13(21)16(19)22/h2-5,10,12-13H,6-7H2,1H3,(H2,19,22)/t10-,12+,13+/m1/s1. The Morgan fingerprint density at radius 2 is 2.17 bits per heavy atom. The summed E-state index contributed by atoms with van der Waals surface area (Å²) in [7, 11) is 0. The Morgan fingerprint density at radius 3 is 2.88 bits per heavy atom. The van der Waals surface area contributed by atoms with Crippen LogP contribution in [0.2, 0.25) is 0 Å². The van der Waals surface area contributed by atoms with E-state index in [-0.39, 0.29) is 23.5 Å². The maximum Gasteiger partial charge on any atom is 0.274 e. The monoisotopic (exact) mass is 345 g/mol. The van der Waals surface area contributed by atoms with Gasteiger partial charge >= 0.3 is 0 Å². The predicted octanol–water partition coefficient (Wildman–Crippen LogP) is 2.35. The van der Waals surface area contributed by atoms with Crippen molar-refractivity contribution in [3.05, 3.63) is 40.8 Å². The van der Waals surface area contributed by atoms with Gasteiger partial charge < -0.3 is 10.6 Å². The molecule has 2 N–H and O–H groups in total. The van der Waals surface area contributed by atoms with Crippen LogP contribution in [0.15, 0.2) is 24.3 Å². The van der Waals surface area contributed by atoms with Crippen molar-refractivity contribution in [3.8, 4) is 10.4 Å². The molecule has 24 heavy (non-hydrogen) atoms. The number of piperidine rings is 1. The molecule has 7 heteroatoms. The Balaban J connectivity index is 1.74. The normalized spacial score (nSPS) is 24.8. The Kier molecular flexibility index (Phi) is 3.42. The van der Waals surface area contributed by atoms with E-state index >= 15 is 0 Å². The van der Waals surface area contributed by atoms with Gasteiger partial charge in [0.1, 0.15) is 17.6 Å². The van der Waals surface area contributed by atoms with Crippen LogP contribution in [0.5, 0.6) is 0 Å². The van der Waals surface area contributed by atoms with Crippen molar-refractivity contribution in [2.45, 2.75) is 31.8 Å². The van der Waals surface area contributed by atoms with Crippen molar-refractivity contribution in [2.75, 3.05) is 0 Å². The van der Waals surface area contributed by atoms with E-state index in [1.54, 1.807) is 24.0 Å². The van der Waals surface area contributed by atoms with E-state index in [1.165, 1.54) is 23.5 Å². The minimum Gasteiger partial charge on any atom is -0.368 e. The first-order chi connectivity index (χ1) is 11.5. The summed E-state index contributed by atoms with van der Waals surface area (Å²) in [6.45, 7) is 1.81. The number of primary amides is 1. The average Bonchev–Trinajstić information content (AvgIpc) is 3.02.